The second kappa shape index (κ2) is 23.9. The van der Waals surface area contributed by atoms with E-state index in [1.54, 1.807) is 28.0 Å². The summed E-state index contributed by atoms with van der Waals surface area (Å²) in [6.07, 6.45) is 11.8. The summed E-state index contributed by atoms with van der Waals surface area (Å²) in [6.45, 7) is 14.3. The van der Waals surface area contributed by atoms with E-state index in [0.717, 1.165) is 55.2 Å². The van der Waals surface area contributed by atoms with Gasteiger partial charge >= 0.3 is 0 Å². The molecule has 12 rings (SSSR count). The van der Waals surface area contributed by atoms with Crippen molar-refractivity contribution in [3.63, 3.8) is 0 Å². The number of ether oxygens (including phenoxy) is 9. The zero-order chi connectivity index (χ0) is 53.0. The summed E-state index contributed by atoms with van der Waals surface area (Å²) in [5.74, 6) is 0.641. The van der Waals surface area contributed by atoms with Gasteiger partial charge in [0.1, 0.15) is 49.3 Å². The Morgan fingerprint density at radius 1 is 0.671 bits per heavy atom. The monoisotopic (exact) mass is 1090 g/mol. The van der Waals surface area contributed by atoms with Crippen LogP contribution in [-0.2, 0) is 68.9 Å². The van der Waals surface area contributed by atoms with E-state index in [1.807, 2.05) is 82.3 Å². The Bertz CT molecular complexity index is 2940. The quantitative estimate of drug-likeness (QED) is 0.0925. The fourth-order valence-electron chi connectivity index (χ4n) is 10.2. The summed E-state index contributed by atoms with van der Waals surface area (Å²) >= 11 is 12.7. The molecule has 76 heavy (non-hydrogen) atoms. The van der Waals surface area contributed by atoms with Crippen LogP contribution in [-0.4, -0.2) is 112 Å². The van der Waals surface area contributed by atoms with Gasteiger partial charge < -0.3 is 58.4 Å². The first-order valence-electron chi connectivity index (χ1n) is 26.4. The number of aromatic nitrogens is 8. The highest BCUT2D eigenvalue weighted by Crippen LogP contribution is 2.46. The van der Waals surface area contributed by atoms with E-state index < -0.39 is 24.0 Å². The molecule has 0 bridgehead atoms. The first-order chi connectivity index (χ1) is 36.8. The summed E-state index contributed by atoms with van der Waals surface area (Å²) in [6, 6.07) is 15.3. The number of halogens is 2. The zero-order valence-corrected chi connectivity index (χ0v) is 45.3. The molecule has 6 aliphatic heterocycles. The molecule has 6 aromatic rings. The lowest BCUT2D eigenvalue weighted by molar-refractivity contribution is -0.198. The molecule has 9 atom stereocenters. The third-order valence-corrected chi connectivity index (χ3v) is 14.6. The van der Waals surface area contributed by atoms with Crippen molar-refractivity contribution in [2.24, 2.45) is 0 Å². The van der Waals surface area contributed by atoms with E-state index in [1.165, 1.54) is 12.8 Å². The van der Waals surface area contributed by atoms with Crippen molar-refractivity contribution in [1.29, 1.82) is 0 Å². The standard InChI is InChI=1S/C27H34ClN5O5.C22H26ClN5O4.C5H8O/c1-4-19-22-23(38-27(2,3)37-22)26(36-19)33-25-17(14-30-33)24(29-13-16-9-5-6-10-18(16)28)31-20(32-25)15-35-21-11-7-8-12-34-21;1-4-15-17-18(32-22(2,3)31-17)21(30-15)28-20-13(10-25-28)19(26-16(11-29)27-20)24-9-12-7-5-6-8-14(12)23;1-2-4-6-5-3-1/h5-6,9-10,14,19,21-23,26H,4,7-8,11-13,15H2,1-3H3,(H,29,31,32);5-8,10,15,17-18,21,29H,4,9,11H2,1-3H3,(H,24,26,27);2,4H,1,3,5H2/t19-,21?,22-,23-,26-;15-,17-,18-,21-;/m11./s1. The minimum absolute atomic E-state index is 0.100. The van der Waals surface area contributed by atoms with E-state index in [9.17, 15) is 5.11 Å². The Labute approximate surface area is 452 Å². The van der Waals surface area contributed by atoms with Crippen LogP contribution in [0.25, 0.3) is 22.1 Å². The highest BCUT2D eigenvalue weighted by atomic mass is 35.5. The van der Waals surface area contributed by atoms with Crippen LogP contribution in [0.5, 0.6) is 0 Å². The maximum absolute atomic E-state index is 9.76. The van der Waals surface area contributed by atoms with Gasteiger partial charge in [-0.2, -0.15) is 10.2 Å². The van der Waals surface area contributed by atoms with Crippen molar-refractivity contribution < 1.29 is 47.7 Å². The molecule has 0 radical (unpaired) electrons. The number of fused-ring (bicyclic) bond motifs is 4. The Morgan fingerprint density at radius 2 is 1.20 bits per heavy atom. The van der Waals surface area contributed by atoms with Gasteiger partial charge in [-0.3, -0.25) is 0 Å². The fourth-order valence-corrected chi connectivity index (χ4v) is 10.6. The molecular weight excluding hydrogens is 1020 g/mol. The number of rotatable bonds is 14. The summed E-state index contributed by atoms with van der Waals surface area (Å²) in [7, 11) is 0. The number of anilines is 2. The highest BCUT2D eigenvalue weighted by Gasteiger charge is 2.57. The molecule has 6 aliphatic rings. The Kier molecular flexibility index (Phi) is 17.0. The van der Waals surface area contributed by atoms with Crippen LogP contribution >= 0.6 is 23.2 Å². The molecule has 0 amide bonds. The van der Waals surface area contributed by atoms with Gasteiger partial charge in [-0.15, -0.1) is 0 Å². The number of hydrogen-bond donors (Lipinski definition) is 3. The molecule has 10 heterocycles. The number of aliphatic hydroxyl groups is 1. The molecule has 4 aromatic heterocycles. The molecule has 0 spiro atoms. The average Bonchev–Trinajstić information content (AvgIpc) is 4.36. The SMILES string of the molecule is C1=COCCC1.CC[C@H]1O[C@@H](n2ncc3c(NCc4ccccc4Cl)nc(CO)nc32)[C@@H]2OC(C)(C)O[C@@H]21.CC[C@H]1O[C@@H](n2ncc3c(NCc4ccccc4Cl)nc(COC4CCCCO4)nc32)[C@@H]2OC(C)(C)O[C@@H]21. The molecule has 1 unspecified atom stereocenters. The zero-order valence-electron chi connectivity index (χ0n) is 43.8. The Balaban J connectivity index is 0.000000157. The van der Waals surface area contributed by atoms with Crippen molar-refractivity contribution in [2.45, 2.75) is 180 Å². The van der Waals surface area contributed by atoms with E-state index in [-0.39, 0.29) is 62.0 Å². The number of nitrogens with one attached hydrogen (secondary N) is 2. The lowest BCUT2D eigenvalue weighted by Crippen LogP contribution is -2.29. The van der Waals surface area contributed by atoms with Crippen molar-refractivity contribution in [1.82, 2.24) is 39.5 Å². The van der Waals surface area contributed by atoms with Crippen molar-refractivity contribution in [3.05, 3.63) is 106 Å². The molecule has 20 nitrogen and oxygen atoms in total. The van der Waals surface area contributed by atoms with Crippen LogP contribution in [0.3, 0.4) is 0 Å². The van der Waals surface area contributed by atoms with Crippen molar-refractivity contribution in [3.8, 4) is 0 Å². The molecule has 3 N–H and O–H groups in total. The van der Waals surface area contributed by atoms with Gasteiger partial charge in [0.25, 0.3) is 0 Å². The van der Waals surface area contributed by atoms with Crippen LogP contribution in [0.1, 0.15) is 122 Å². The third kappa shape index (κ3) is 12.1. The van der Waals surface area contributed by atoms with E-state index >= 15 is 0 Å². The molecule has 0 aliphatic carbocycles. The maximum Gasteiger partial charge on any atom is 0.181 e. The Morgan fingerprint density at radius 3 is 1.64 bits per heavy atom. The van der Waals surface area contributed by atoms with Gasteiger partial charge in [-0.25, -0.2) is 29.3 Å². The number of benzene rings is 2. The third-order valence-electron chi connectivity index (χ3n) is 13.8. The summed E-state index contributed by atoms with van der Waals surface area (Å²) in [5.41, 5.74) is 3.09. The van der Waals surface area contributed by atoms with Crippen molar-refractivity contribution in [2.75, 3.05) is 23.8 Å². The number of allylic oxidation sites excluding steroid dienone is 1. The Hall–Kier alpha value is -5.10. The van der Waals surface area contributed by atoms with Gasteiger partial charge in [0.15, 0.2) is 53.3 Å². The minimum Gasteiger partial charge on any atom is -0.502 e. The maximum atomic E-state index is 9.76. The predicted molar refractivity (Wildman–Crippen MR) is 283 cm³/mol. The summed E-state index contributed by atoms with van der Waals surface area (Å²) < 4.78 is 57.5. The summed E-state index contributed by atoms with van der Waals surface area (Å²) in [5, 5.41) is 28.6. The first-order valence-corrected chi connectivity index (χ1v) is 27.1. The van der Waals surface area contributed by atoms with E-state index in [0.29, 0.717) is 63.9 Å². The van der Waals surface area contributed by atoms with Gasteiger partial charge in [-0.05, 0) is 102 Å². The molecule has 408 valence electrons. The molecule has 0 saturated carbocycles. The molecule has 5 saturated heterocycles. The highest BCUT2D eigenvalue weighted by molar-refractivity contribution is 6.31. The predicted octanol–water partition coefficient (Wildman–Crippen LogP) is 9.68. The second-order valence-corrected chi connectivity index (χ2v) is 21.1. The molecular formula is C54H68Cl2N10O10. The van der Waals surface area contributed by atoms with Crippen LogP contribution in [0.4, 0.5) is 11.6 Å². The average molecular weight is 1090 g/mol. The molecule has 22 heteroatoms. The minimum atomic E-state index is -0.694. The lowest BCUT2D eigenvalue weighted by Gasteiger charge is -2.24. The summed E-state index contributed by atoms with van der Waals surface area (Å²) in [4.78, 5) is 18.6. The van der Waals surface area contributed by atoms with Crippen LogP contribution in [0.2, 0.25) is 10.0 Å². The van der Waals surface area contributed by atoms with Crippen LogP contribution < -0.4 is 10.6 Å². The van der Waals surface area contributed by atoms with Gasteiger partial charge in [0.2, 0.25) is 0 Å². The first kappa shape index (κ1) is 54.3. The van der Waals surface area contributed by atoms with Gasteiger partial charge in [0, 0.05) is 29.7 Å². The number of nitrogens with zero attached hydrogens (tertiary/aromatic N) is 8. The van der Waals surface area contributed by atoms with Crippen molar-refractivity contribution >= 4 is 56.9 Å². The smallest absolute Gasteiger partial charge is 0.181 e. The van der Waals surface area contributed by atoms with Gasteiger partial charge in [-0.1, -0.05) is 73.4 Å². The van der Waals surface area contributed by atoms with E-state index in [2.05, 4.69) is 39.5 Å². The lowest BCUT2D eigenvalue weighted by atomic mass is 10.1. The molecule has 5 fully saturated rings. The van der Waals surface area contributed by atoms with E-state index in [4.69, 9.17) is 80.9 Å². The molecule has 2 aromatic carbocycles. The largest absolute Gasteiger partial charge is 0.502 e. The topological polar surface area (TPSA) is 215 Å². The fraction of sp³-hybridized carbons (Fsp3) is 0.556. The number of hydrogen-bond acceptors (Lipinski definition) is 18. The normalized spacial score (nSPS) is 27.0. The second-order valence-electron chi connectivity index (χ2n) is 20.2. The number of aliphatic hydroxyl groups excluding tert-OH is 1. The van der Waals surface area contributed by atoms with Crippen LogP contribution in [0.15, 0.2) is 73.3 Å². The van der Waals surface area contributed by atoms with Crippen LogP contribution in [0, 0.1) is 0 Å². The van der Waals surface area contributed by atoms with Gasteiger partial charge in [0.05, 0.1) is 48.2 Å².